The van der Waals surface area contributed by atoms with Crippen LogP contribution in [0.4, 0.5) is 4.79 Å². The highest BCUT2D eigenvalue weighted by Gasteiger charge is 2.66. The van der Waals surface area contributed by atoms with E-state index in [4.69, 9.17) is 26.8 Å². The van der Waals surface area contributed by atoms with Gasteiger partial charge < -0.3 is 19.0 Å². The lowest BCUT2D eigenvalue weighted by Crippen LogP contribution is -2.60. The van der Waals surface area contributed by atoms with E-state index in [1.54, 1.807) is 12.3 Å². The van der Waals surface area contributed by atoms with Crippen molar-refractivity contribution in [2.24, 2.45) is 16.9 Å². The number of aromatic nitrogens is 1. The third-order valence-electron chi connectivity index (χ3n) is 7.34. The number of carbonyl (C=O) groups excluding carboxylic acids is 5. The van der Waals surface area contributed by atoms with Crippen molar-refractivity contribution >= 4 is 74.6 Å². The van der Waals surface area contributed by atoms with Gasteiger partial charge in [0.15, 0.2) is 11.5 Å². The number of aryl methyl sites for hydroxylation is 1. The second-order valence-electron chi connectivity index (χ2n) is 9.56. The molecule has 4 aliphatic rings. The lowest BCUT2D eigenvalue weighted by Gasteiger charge is -2.41. The van der Waals surface area contributed by atoms with Crippen LogP contribution in [0.5, 0.6) is 0 Å². The number of urea groups is 1. The number of hydrazine groups is 1. The zero-order chi connectivity index (χ0) is 28.1. The third kappa shape index (κ3) is 4.37. The Kier molecular flexibility index (Phi) is 7.13. The number of fused-ring (bicyclic) bond motifs is 1. The largest absolute Gasteiger partial charge is 0.541 e. The number of oxime groups is 1. The zero-order valence-corrected chi connectivity index (χ0v) is 22.4. The normalized spacial score (nSPS) is 27.5. The minimum absolute atomic E-state index is 0.125. The zero-order valence-electron chi connectivity index (χ0n) is 20.7. The van der Waals surface area contributed by atoms with Gasteiger partial charge in [0.1, 0.15) is 5.69 Å². The van der Waals surface area contributed by atoms with Crippen molar-refractivity contribution in [3.63, 3.8) is 0 Å². The molecule has 3 amide bonds. The van der Waals surface area contributed by atoms with Gasteiger partial charge in [0.05, 0.1) is 29.4 Å². The molecule has 202 valence electrons. The quantitative estimate of drug-likeness (QED) is 0.0975. The molecule has 4 heterocycles. The Balaban J connectivity index is 1.37. The Morgan fingerprint density at radius 3 is 2.46 bits per heavy atom. The van der Waals surface area contributed by atoms with Crippen molar-refractivity contribution in [3.05, 3.63) is 16.1 Å². The summed E-state index contributed by atoms with van der Waals surface area (Å²) in [6.45, 7) is 1.88. The second kappa shape index (κ2) is 10.1. The van der Waals surface area contributed by atoms with E-state index in [0.29, 0.717) is 24.3 Å². The van der Waals surface area contributed by atoms with Gasteiger partial charge in [-0.1, -0.05) is 16.9 Å². The average molecular weight is 572 g/mol. The van der Waals surface area contributed by atoms with Gasteiger partial charge in [-0.2, -0.15) is 0 Å². The van der Waals surface area contributed by atoms with Crippen molar-refractivity contribution in [3.8, 4) is 0 Å². The minimum atomic E-state index is -1.61. The molecule has 2 N–H and O–H groups in total. The summed E-state index contributed by atoms with van der Waals surface area (Å²) in [7, 11) is 10.2. The fourth-order valence-electron chi connectivity index (χ4n) is 5.00. The van der Waals surface area contributed by atoms with E-state index >= 15 is 0 Å². The standard InChI is InChI=1S/C21H22B2N6O8S2/c1-10-25-12(8-38-10)14(26-37-20(3-2-4-20)17(32)35-22)13(30)7-11-15(31)27-9-21(18(33)36-23,39-16(11)27)28-5-6-29(24)19(28)34/h8,11,16H,2-7,9,24H2,1H3/b26-14-/t11?,16-,21-/m1/s1. The van der Waals surface area contributed by atoms with Crippen molar-refractivity contribution in [1.82, 2.24) is 19.8 Å². The van der Waals surface area contributed by atoms with Gasteiger partial charge in [-0.3, -0.25) is 24.3 Å². The smallest absolute Gasteiger partial charge is 0.378 e. The molecule has 4 fully saturated rings. The number of hydrogen-bond acceptors (Lipinski definition) is 13. The van der Waals surface area contributed by atoms with Crippen molar-refractivity contribution in [2.45, 2.75) is 48.5 Å². The first-order valence-electron chi connectivity index (χ1n) is 11.9. The summed E-state index contributed by atoms with van der Waals surface area (Å²) in [5.74, 6) is 2.20. The molecule has 1 saturated carbocycles. The summed E-state index contributed by atoms with van der Waals surface area (Å²) in [5, 5.41) is 6.62. The maximum Gasteiger partial charge on any atom is 0.378 e. The number of carbonyl (C=O) groups is 5. The van der Waals surface area contributed by atoms with Gasteiger partial charge in [0, 0.05) is 31.2 Å². The first-order valence-corrected chi connectivity index (χ1v) is 13.7. The predicted octanol–water partition coefficient (Wildman–Crippen LogP) is -0.854. The predicted molar refractivity (Wildman–Crippen MR) is 137 cm³/mol. The molecule has 1 aromatic heterocycles. The van der Waals surface area contributed by atoms with Crippen LogP contribution in [0, 0.1) is 12.8 Å². The van der Waals surface area contributed by atoms with Gasteiger partial charge >= 0.3 is 34.1 Å². The molecule has 39 heavy (non-hydrogen) atoms. The Morgan fingerprint density at radius 1 is 1.21 bits per heavy atom. The van der Waals surface area contributed by atoms with Gasteiger partial charge in [-0.25, -0.2) is 20.4 Å². The Bertz CT molecular complexity index is 1270. The molecule has 0 spiro atoms. The number of nitrogens with two attached hydrogens (primary N) is 1. The number of nitrogens with zero attached hydrogens (tertiary/aromatic N) is 5. The van der Waals surface area contributed by atoms with Crippen LogP contribution in [-0.4, -0.2) is 107 Å². The number of β-lactam (4-membered cyclic amide) rings is 1. The summed E-state index contributed by atoms with van der Waals surface area (Å²) in [6.07, 6.45) is 1.02. The molecular formula is C21H22B2N6O8S2. The summed E-state index contributed by atoms with van der Waals surface area (Å²) in [6, 6.07) is -0.609. The summed E-state index contributed by atoms with van der Waals surface area (Å²) < 4.78 is 8.86. The molecule has 18 heteroatoms. The van der Waals surface area contributed by atoms with E-state index in [9.17, 15) is 24.0 Å². The van der Waals surface area contributed by atoms with Crippen molar-refractivity contribution < 1.29 is 38.1 Å². The number of ketones is 1. The molecule has 0 bridgehead atoms. The molecule has 4 radical (unpaired) electrons. The molecular weight excluding hydrogens is 550 g/mol. The maximum absolute atomic E-state index is 13.5. The minimum Gasteiger partial charge on any atom is -0.541 e. The summed E-state index contributed by atoms with van der Waals surface area (Å²) in [4.78, 5) is 75.0. The van der Waals surface area contributed by atoms with E-state index in [1.165, 1.54) is 21.1 Å². The Morgan fingerprint density at radius 2 is 1.92 bits per heavy atom. The maximum atomic E-state index is 13.5. The summed E-state index contributed by atoms with van der Waals surface area (Å²) >= 11 is 2.29. The molecule has 1 unspecified atom stereocenters. The average Bonchev–Trinajstić information content (AvgIpc) is 3.59. The monoisotopic (exact) mass is 572 g/mol. The molecule has 3 atom stereocenters. The fraction of sp³-hybridized carbons (Fsp3) is 0.571. The van der Waals surface area contributed by atoms with Crippen LogP contribution in [-0.2, 0) is 33.3 Å². The topological polar surface area (TPSA) is 174 Å². The van der Waals surface area contributed by atoms with E-state index in [-0.39, 0.29) is 43.4 Å². The molecule has 0 aromatic carbocycles. The molecule has 1 aliphatic carbocycles. The number of thioether (sulfide) groups is 1. The molecule has 14 nitrogen and oxygen atoms in total. The summed E-state index contributed by atoms with van der Waals surface area (Å²) in [5.41, 5.74) is -1.32. The number of amides is 3. The highest BCUT2D eigenvalue weighted by molar-refractivity contribution is 8.02. The van der Waals surface area contributed by atoms with Crippen LogP contribution in [0.1, 0.15) is 36.4 Å². The molecule has 5 rings (SSSR count). The fourth-order valence-corrected chi connectivity index (χ4v) is 7.33. The van der Waals surface area contributed by atoms with Crippen LogP contribution in [0.2, 0.25) is 0 Å². The van der Waals surface area contributed by atoms with Crippen LogP contribution < -0.4 is 5.84 Å². The van der Waals surface area contributed by atoms with Crippen molar-refractivity contribution in [2.75, 3.05) is 19.6 Å². The first kappa shape index (κ1) is 27.5. The number of rotatable bonds is 9. The number of hydrogen-bond donors (Lipinski definition) is 1. The second-order valence-corrected chi connectivity index (χ2v) is 12.0. The van der Waals surface area contributed by atoms with Gasteiger partial charge in [-0.15, -0.1) is 11.3 Å². The SMILES string of the molecule is [B]OC(=O)C1(O/N=C(\C(=O)CC2C(=O)N3C[C@@](C(=O)O[B])(N4CCN(N)C4=O)S[C@H]23)c2csc(C)n2)CCC1. The molecule has 3 saturated heterocycles. The molecule has 3 aliphatic heterocycles. The van der Waals surface area contributed by atoms with Crippen molar-refractivity contribution in [1.29, 1.82) is 0 Å². The van der Waals surface area contributed by atoms with Gasteiger partial charge in [0.25, 0.3) is 0 Å². The molecule has 1 aromatic rings. The lowest BCUT2D eigenvalue weighted by molar-refractivity contribution is -0.175. The Labute approximate surface area is 233 Å². The van der Waals surface area contributed by atoms with Crippen LogP contribution in [0.3, 0.4) is 0 Å². The van der Waals surface area contributed by atoms with Gasteiger partial charge in [0.2, 0.25) is 16.4 Å². The van der Waals surface area contributed by atoms with Crippen LogP contribution >= 0.6 is 23.1 Å². The van der Waals surface area contributed by atoms with Gasteiger partial charge in [-0.05, 0) is 13.3 Å². The van der Waals surface area contributed by atoms with E-state index in [2.05, 4.69) is 19.4 Å². The number of Topliss-reactive ketones (excluding diaryl/α,β-unsaturated/α-hetero) is 1. The van der Waals surface area contributed by atoms with E-state index in [0.717, 1.165) is 16.8 Å². The van der Waals surface area contributed by atoms with E-state index in [1.807, 2.05) is 0 Å². The number of thiazole rings is 1. The highest BCUT2D eigenvalue weighted by atomic mass is 32.2. The van der Waals surface area contributed by atoms with Crippen LogP contribution in [0.15, 0.2) is 10.5 Å². The third-order valence-corrected chi connectivity index (χ3v) is 9.84. The lowest BCUT2D eigenvalue weighted by atomic mass is 9.80. The Hall–Kier alpha value is -3.11. The van der Waals surface area contributed by atoms with E-state index < -0.39 is 45.5 Å². The highest BCUT2D eigenvalue weighted by Crippen LogP contribution is 2.53. The first-order chi connectivity index (χ1) is 18.6. The van der Waals surface area contributed by atoms with Crippen LogP contribution in [0.25, 0.3) is 0 Å².